The molecule has 1 aliphatic rings. The molecule has 3 rings (SSSR count). The molecule has 2 amide bonds. The Bertz CT molecular complexity index is 899. The fraction of sp³-hybridized carbons (Fsp3) is 0.364. The van der Waals surface area contributed by atoms with Crippen LogP contribution in [0.5, 0.6) is 0 Å². The number of carbonyl (C=O) groups excluding carboxylic acids is 2. The van der Waals surface area contributed by atoms with Gasteiger partial charge in [-0.15, -0.1) is 11.8 Å². The van der Waals surface area contributed by atoms with Gasteiger partial charge in [-0.2, -0.15) is 0 Å². The Morgan fingerprint density at radius 1 is 1.11 bits per heavy atom. The Hall–Kier alpha value is -2.31. The second-order valence-electron chi connectivity index (χ2n) is 7.05. The molecule has 0 unspecified atom stereocenters. The highest BCUT2D eigenvalue weighted by Gasteiger charge is 2.39. The van der Waals surface area contributed by atoms with E-state index in [1.54, 1.807) is 6.26 Å². The van der Waals surface area contributed by atoms with Gasteiger partial charge in [0.15, 0.2) is 0 Å². The summed E-state index contributed by atoms with van der Waals surface area (Å²) in [5.41, 5.74) is 3.47. The summed E-state index contributed by atoms with van der Waals surface area (Å²) in [6.07, 6.45) is 1.65. The van der Waals surface area contributed by atoms with Crippen molar-refractivity contribution in [1.29, 1.82) is 0 Å². The summed E-state index contributed by atoms with van der Waals surface area (Å²) in [7, 11) is 0. The van der Waals surface area contributed by atoms with Crippen LogP contribution in [0.2, 0.25) is 0 Å². The Morgan fingerprint density at radius 3 is 2.54 bits per heavy atom. The van der Waals surface area contributed by atoms with Gasteiger partial charge in [-0.3, -0.25) is 14.5 Å². The average Bonchev–Trinajstić information content (AvgIpc) is 3.24. The molecule has 2 heterocycles. The summed E-state index contributed by atoms with van der Waals surface area (Å²) < 4.78 is 10.9. The number of thioether (sulfide) groups is 1. The number of hydrogen-bond donors (Lipinski definition) is 0. The summed E-state index contributed by atoms with van der Waals surface area (Å²) in [6.45, 7) is 8.45. The standard InChI is InChI=1S/C22H25NO4S/c1-14(2)26-11-9-23-21(24)19(17-8-7-15(3)16(4)12-17)20(22(23)25)28-13-18-6-5-10-27-18/h5-8,10,12,14H,9,11,13H2,1-4H3. The number of benzene rings is 1. The van der Waals surface area contributed by atoms with Crippen LogP contribution < -0.4 is 0 Å². The number of furan rings is 1. The molecule has 0 radical (unpaired) electrons. The molecular weight excluding hydrogens is 374 g/mol. The molecule has 0 saturated heterocycles. The summed E-state index contributed by atoms with van der Waals surface area (Å²) >= 11 is 1.34. The third-order valence-corrected chi connectivity index (χ3v) is 5.72. The van der Waals surface area contributed by atoms with E-state index in [-0.39, 0.29) is 24.5 Å². The Kier molecular flexibility index (Phi) is 6.42. The van der Waals surface area contributed by atoms with Crippen molar-refractivity contribution in [2.45, 2.75) is 39.6 Å². The van der Waals surface area contributed by atoms with Gasteiger partial charge in [-0.1, -0.05) is 18.2 Å². The largest absolute Gasteiger partial charge is 0.468 e. The summed E-state index contributed by atoms with van der Waals surface area (Å²) in [5, 5.41) is 0. The minimum atomic E-state index is -0.262. The molecule has 0 spiro atoms. The van der Waals surface area contributed by atoms with E-state index in [0.29, 0.717) is 22.8 Å². The Balaban J connectivity index is 1.90. The van der Waals surface area contributed by atoms with Crippen molar-refractivity contribution in [2.24, 2.45) is 0 Å². The third-order valence-electron chi connectivity index (χ3n) is 4.63. The molecule has 0 atom stereocenters. The molecule has 1 aromatic carbocycles. The zero-order valence-electron chi connectivity index (χ0n) is 16.7. The van der Waals surface area contributed by atoms with Gasteiger partial charge in [0.2, 0.25) is 0 Å². The summed E-state index contributed by atoms with van der Waals surface area (Å²) in [4.78, 5) is 27.9. The summed E-state index contributed by atoms with van der Waals surface area (Å²) in [6, 6.07) is 9.53. The van der Waals surface area contributed by atoms with E-state index in [0.717, 1.165) is 22.5 Å². The van der Waals surface area contributed by atoms with Gasteiger partial charge >= 0.3 is 0 Å². The van der Waals surface area contributed by atoms with Crippen LogP contribution in [-0.4, -0.2) is 36.0 Å². The highest BCUT2D eigenvalue weighted by molar-refractivity contribution is 8.03. The molecule has 0 fully saturated rings. The lowest BCUT2D eigenvalue weighted by atomic mass is 10.0. The molecule has 5 nitrogen and oxygen atoms in total. The minimum absolute atomic E-state index is 0.0489. The fourth-order valence-electron chi connectivity index (χ4n) is 2.96. The van der Waals surface area contributed by atoms with Crippen molar-refractivity contribution in [3.05, 3.63) is 64.0 Å². The molecule has 2 aromatic rings. The molecule has 148 valence electrons. The topological polar surface area (TPSA) is 59.8 Å². The van der Waals surface area contributed by atoms with E-state index < -0.39 is 0 Å². The van der Waals surface area contributed by atoms with Crippen molar-refractivity contribution in [2.75, 3.05) is 13.2 Å². The van der Waals surface area contributed by atoms with Crippen molar-refractivity contribution >= 4 is 29.1 Å². The van der Waals surface area contributed by atoms with Crippen LogP contribution in [-0.2, 0) is 20.1 Å². The first-order valence-electron chi connectivity index (χ1n) is 9.33. The molecule has 1 aliphatic heterocycles. The van der Waals surface area contributed by atoms with Gasteiger partial charge in [-0.05, 0) is 56.5 Å². The molecule has 0 aliphatic carbocycles. The van der Waals surface area contributed by atoms with Gasteiger partial charge in [0.25, 0.3) is 11.8 Å². The zero-order valence-corrected chi connectivity index (χ0v) is 17.5. The first-order valence-corrected chi connectivity index (χ1v) is 10.3. The quantitative estimate of drug-likeness (QED) is 0.618. The number of nitrogens with zero attached hydrogens (tertiary/aromatic N) is 1. The van der Waals surface area contributed by atoms with Crippen molar-refractivity contribution in [3.8, 4) is 0 Å². The van der Waals surface area contributed by atoms with Crippen molar-refractivity contribution < 1.29 is 18.7 Å². The van der Waals surface area contributed by atoms with Crippen molar-refractivity contribution in [1.82, 2.24) is 4.90 Å². The second-order valence-corrected chi connectivity index (χ2v) is 8.04. The van der Waals surface area contributed by atoms with Crippen LogP contribution in [0.1, 0.15) is 36.3 Å². The number of ether oxygens (including phenoxy) is 1. The predicted molar refractivity (Wildman–Crippen MR) is 111 cm³/mol. The fourth-order valence-corrected chi connectivity index (χ4v) is 3.99. The van der Waals surface area contributed by atoms with Gasteiger partial charge in [0, 0.05) is 0 Å². The first kappa shape index (κ1) is 20.4. The molecule has 0 saturated carbocycles. The molecular formula is C22H25NO4S. The van der Waals surface area contributed by atoms with E-state index in [1.165, 1.54) is 16.7 Å². The van der Waals surface area contributed by atoms with E-state index in [1.807, 2.05) is 58.0 Å². The second kappa shape index (κ2) is 8.80. The third kappa shape index (κ3) is 4.39. The van der Waals surface area contributed by atoms with Crippen LogP contribution in [0.25, 0.3) is 5.57 Å². The highest BCUT2D eigenvalue weighted by atomic mass is 32.2. The minimum Gasteiger partial charge on any atom is -0.468 e. The molecule has 6 heteroatoms. The van der Waals surface area contributed by atoms with E-state index in [4.69, 9.17) is 9.15 Å². The van der Waals surface area contributed by atoms with Gasteiger partial charge in [0.05, 0.1) is 41.7 Å². The number of aryl methyl sites for hydroxylation is 2. The lowest BCUT2D eigenvalue weighted by molar-refractivity contribution is -0.137. The average molecular weight is 400 g/mol. The Labute approximate surface area is 169 Å². The number of carbonyl (C=O) groups is 2. The van der Waals surface area contributed by atoms with E-state index in [2.05, 4.69) is 0 Å². The lowest BCUT2D eigenvalue weighted by Gasteiger charge is -2.16. The van der Waals surface area contributed by atoms with Crippen LogP contribution in [0.15, 0.2) is 45.9 Å². The van der Waals surface area contributed by atoms with Gasteiger partial charge < -0.3 is 9.15 Å². The number of rotatable bonds is 8. The number of imide groups is 1. The monoisotopic (exact) mass is 399 g/mol. The SMILES string of the molecule is Cc1ccc(C2=C(SCc3ccco3)C(=O)N(CCOC(C)C)C2=O)cc1C. The van der Waals surface area contributed by atoms with Crippen LogP contribution in [0.3, 0.4) is 0 Å². The van der Waals surface area contributed by atoms with Crippen LogP contribution in [0, 0.1) is 13.8 Å². The normalized spacial score (nSPS) is 14.7. The molecule has 0 N–H and O–H groups in total. The Morgan fingerprint density at radius 2 is 1.89 bits per heavy atom. The molecule has 0 bridgehead atoms. The smallest absolute Gasteiger partial charge is 0.268 e. The highest BCUT2D eigenvalue weighted by Crippen LogP contribution is 2.38. The molecule has 28 heavy (non-hydrogen) atoms. The maximum Gasteiger partial charge on any atom is 0.268 e. The first-order chi connectivity index (χ1) is 13.4. The maximum atomic E-state index is 13.1. The molecule has 1 aromatic heterocycles. The zero-order chi connectivity index (χ0) is 20.3. The summed E-state index contributed by atoms with van der Waals surface area (Å²) in [5.74, 6) is 0.731. The number of hydrogen-bond acceptors (Lipinski definition) is 5. The number of amides is 2. The van der Waals surface area contributed by atoms with Gasteiger partial charge in [-0.25, -0.2) is 0 Å². The maximum absolute atomic E-state index is 13.1. The van der Waals surface area contributed by atoms with Crippen LogP contribution in [0.4, 0.5) is 0 Å². The van der Waals surface area contributed by atoms with E-state index in [9.17, 15) is 9.59 Å². The lowest BCUT2D eigenvalue weighted by Crippen LogP contribution is -2.35. The van der Waals surface area contributed by atoms with E-state index >= 15 is 0 Å². The van der Waals surface area contributed by atoms with Crippen LogP contribution >= 0.6 is 11.8 Å². The van der Waals surface area contributed by atoms with Gasteiger partial charge in [0.1, 0.15) is 5.76 Å². The van der Waals surface area contributed by atoms with Crippen molar-refractivity contribution in [3.63, 3.8) is 0 Å². The predicted octanol–water partition coefficient (Wildman–Crippen LogP) is 4.33.